The quantitative estimate of drug-likeness (QED) is 0.248. The van der Waals surface area contributed by atoms with Gasteiger partial charge in [0.15, 0.2) is 18.4 Å². The van der Waals surface area contributed by atoms with Crippen molar-refractivity contribution in [3.8, 4) is 0 Å². The number of carbonyl (C=O) groups is 4. The number of nitrogens with zero attached hydrogens (tertiary/aromatic N) is 2. The van der Waals surface area contributed by atoms with Crippen molar-refractivity contribution in [1.82, 2.24) is 15.5 Å². The predicted molar refractivity (Wildman–Crippen MR) is 132 cm³/mol. The van der Waals surface area contributed by atoms with Gasteiger partial charge in [0, 0.05) is 18.7 Å². The van der Waals surface area contributed by atoms with Gasteiger partial charge in [0.2, 0.25) is 11.8 Å². The maximum Gasteiger partial charge on any atom is 0.251 e. The zero-order valence-corrected chi connectivity index (χ0v) is 21.0. The number of Topliss-reactive ketones (excluding diaryl/α,β-unsaturated/α-hetero) is 1. The van der Waals surface area contributed by atoms with Gasteiger partial charge in [0.25, 0.3) is 5.91 Å². The number of ketones is 1. The van der Waals surface area contributed by atoms with Crippen LogP contribution < -0.4 is 22.1 Å². The molecule has 3 amide bonds. The molecule has 6 N–H and O–H groups in total. The molecule has 202 valence electrons. The van der Waals surface area contributed by atoms with E-state index in [1.54, 1.807) is 13.8 Å². The van der Waals surface area contributed by atoms with Crippen LogP contribution in [0, 0.1) is 17.7 Å². The molecule has 1 saturated heterocycles. The van der Waals surface area contributed by atoms with Crippen LogP contribution in [0.4, 0.5) is 8.78 Å². The maximum absolute atomic E-state index is 13.5. The number of halogens is 2. The van der Waals surface area contributed by atoms with Crippen molar-refractivity contribution in [2.24, 2.45) is 28.3 Å². The van der Waals surface area contributed by atoms with E-state index in [-0.39, 0.29) is 36.3 Å². The highest BCUT2D eigenvalue weighted by Gasteiger charge is 2.60. The van der Waals surface area contributed by atoms with Crippen LogP contribution >= 0.6 is 0 Å². The number of aliphatic imine (C=N–C) groups is 1. The van der Waals surface area contributed by atoms with E-state index in [4.69, 9.17) is 11.5 Å². The van der Waals surface area contributed by atoms with Gasteiger partial charge in [0.05, 0.1) is 0 Å². The second-order valence-corrected chi connectivity index (χ2v) is 9.91. The highest BCUT2D eigenvalue weighted by atomic mass is 19.1. The summed E-state index contributed by atoms with van der Waals surface area (Å²) in [6.07, 6.45) is 1.58. The zero-order chi connectivity index (χ0) is 27.3. The molecule has 4 atom stereocenters. The highest BCUT2D eigenvalue weighted by molar-refractivity contribution is 6.00. The van der Waals surface area contributed by atoms with E-state index in [2.05, 4.69) is 15.6 Å². The van der Waals surface area contributed by atoms with E-state index in [1.165, 1.54) is 17.0 Å². The van der Waals surface area contributed by atoms with Crippen molar-refractivity contribution in [2.75, 3.05) is 19.8 Å². The van der Waals surface area contributed by atoms with Gasteiger partial charge < -0.3 is 27.0 Å². The van der Waals surface area contributed by atoms with Gasteiger partial charge in [0.1, 0.15) is 23.4 Å². The fourth-order valence-electron chi connectivity index (χ4n) is 4.84. The molecule has 10 nitrogen and oxygen atoms in total. The molecule has 2 unspecified atom stereocenters. The Bertz CT molecular complexity index is 1060. The summed E-state index contributed by atoms with van der Waals surface area (Å²) in [6.45, 7) is 2.84. The molecular weight excluding hydrogens is 486 g/mol. The maximum atomic E-state index is 13.5. The topological polar surface area (TPSA) is 160 Å². The third-order valence-corrected chi connectivity index (χ3v) is 7.01. The Hall–Kier alpha value is -3.57. The van der Waals surface area contributed by atoms with Gasteiger partial charge in [-0.05, 0) is 61.8 Å². The number of nitrogens with one attached hydrogen (secondary N) is 2. The number of hydrogen-bond acceptors (Lipinski definition) is 5. The molecule has 12 heteroatoms. The Kier molecular flexibility index (Phi) is 8.82. The Morgan fingerprint density at radius 1 is 1.19 bits per heavy atom. The molecule has 0 bridgehead atoms. The number of hydrogen-bond donors (Lipinski definition) is 4. The third kappa shape index (κ3) is 6.41. The lowest BCUT2D eigenvalue weighted by atomic mass is 10.0. The number of nitrogens with two attached hydrogens (primary N) is 2. The molecule has 3 rings (SSSR count). The summed E-state index contributed by atoms with van der Waals surface area (Å²) < 4.78 is 26.6. The fraction of sp³-hybridized carbons (Fsp3) is 0.560. The minimum atomic E-state index is -1.34. The number of likely N-dealkylation sites (tertiary alicyclic amines) is 1. The normalized spacial score (nSPS) is 23.3. The molecule has 0 spiro atoms. The van der Waals surface area contributed by atoms with Crippen LogP contribution in [0.25, 0.3) is 0 Å². The first-order valence-corrected chi connectivity index (χ1v) is 12.3. The molecule has 0 aromatic heterocycles. The van der Waals surface area contributed by atoms with Crippen LogP contribution in [0.1, 0.15) is 49.9 Å². The second kappa shape index (κ2) is 11.7. The lowest BCUT2D eigenvalue weighted by Gasteiger charge is -2.31. The Morgan fingerprint density at radius 2 is 1.86 bits per heavy atom. The van der Waals surface area contributed by atoms with Crippen molar-refractivity contribution in [2.45, 2.75) is 57.2 Å². The predicted octanol–water partition coefficient (Wildman–Crippen LogP) is 0.648. The summed E-state index contributed by atoms with van der Waals surface area (Å²) in [7, 11) is 0. The Balaban J connectivity index is 1.70. The number of amides is 3. The molecular formula is C25H34F2N6O4. The number of benzene rings is 1. The van der Waals surface area contributed by atoms with E-state index < -0.39 is 53.6 Å². The first kappa shape index (κ1) is 28.0. The number of alkyl halides is 1. The molecule has 37 heavy (non-hydrogen) atoms. The fourth-order valence-corrected chi connectivity index (χ4v) is 4.84. The van der Waals surface area contributed by atoms with Crippen molar-refractivity contribution < 1.29 is 28.0 Å². The van der Waals surface area contributed by atoms with E-state index in [0.29, 0.717) is 25.8 Å². The first-order valence-electron chi connectivity index (χ1n) is 12.3. The summed E-state index contributed by atoms with van der Waals surface area (Å²) in [5, 5.41) is 5.41. The SMILES string of the molecule is CC(C)[C@H](NC(=O)c1ccc(F)cc1)C(=O)N1CCC[C@H]1C(=O)NC1(C(=O)CF)CC1CCN=C(N)N. The largest absolute Gasteiger partial charge is 0.370 e. The van der Waals surface area contributed by atoms with Gasteiger partial charge in [-0.15, -0.1) is 0 Å². The van der Waals surface area contributed by atoms with E-state index in [0.717, 1.165) is 12.1 Å². The average molecular weight is 521 g/mol. The summed E-state index contributed by atoms with van der Waals surface area (Å²) in [5.41, 5.74) is 9.51. The zero-order valence-electron chi connectivity index (χ0n) is 21.0. The van der Waals surface area contributed by atoms with E-state index in [1.807, 2.05) is 0 Å². The second-order valence-electron chi connectivity index (χ2n) is 9.91. The first-order chi connectivity index (χ1) is 17.5. The molecule has 1 aromatic carbocycles. The van der Waals surface area contributed by atoms with Gasteiger partial charge in [-0.1, -0.05) is 13.8 Å². The number of carbonyl (C=O) groups excluding carboxylic acids is 4. The van der Waals surface area contributed by atoms with Crippen LogP contribution in [0.2, 0.25) is 0 Å². The van der Waals surface area contributed by atoms with Crippen LogP contribution in [0.15, 0.2) is 29.3 Å². The molecule has 1 aliphatic heterocycles. The van der Waals surface area contributed by atoms with Gasteiger partial charge in [-0.2, -0.15) is 0 Å². The summed E-state index contributed by atoms with van der Waals surface area (Å²) in [4.78, 5) is 57.1. The summed E-state index contributed by atoms with van der Waals surface area (Å²) in [6, 6.07) is 3.15. The molecule has 0 radical (unpaired) electrons. The van der Waals surface area contributed by atoms with Gasteiger partial charge >= 0.3 is 0 Å². The molecule has 2 aliphatic rings. The minimum absolute atomic E-state index is 0.0987. The van der Waals surface area contributed by atoms with Crippen LogP contribution in [-0.2, 0) is 14.4 Å². The van der Waals surface area contributed by atoms with Crippen molar-refractivity contribution in [3.63, 3.8) is 0 Å². The third-order valence-electron chi connectivity index (χ3n) is 7.01. The van der Waals surface area contributed by atoms with Crippen LogP contribution in [0.5, 0.6) is 0 Å². The average Bonchev–Trinajstić information content (AvgIpc) is 3.31. The molecule has 1 aliphatic carbocycles. The van der Waals surface area contributed by atoms with Crippen LogP contribution in [-0.4, -0.2) is 71.8 Å². The number of guanidine groups is 1. The highest BCUT2D eigenvalue weighted by Crippen LogP contribution is 2.47. The summed E-state index contributed by atoms with van der Waals surface area (Å²) in [5.74, 6) is -3.44. The monoisotopic (exact) mass is 520 g/mol. The minimum Gasteiger partial charge on any atom is -0.370 e. The molecule has 1 saturated carbocycles. The van der Waals surface area contributed by atoms with E-state index in [9.17, 15) is 28.0 Å². The van der Waals surface area contributed by atoms with Gasteiger partial charge in [-0.25, -0.2) is 8.78 Å². The number of rotatable bonds is 11. The lowest BCUT2D eigenvalue weighted by molar-refractivity contribution is -0.141. The molecule has 2 fully saturated rings. The molecule has 1 heterocycles. The Labute approximate surface area is 214 Å². The smallest absolute Gasteiger partial charge is 0.251 e. The van der Waals surface area contributed by atoms with Gasteiger partial charge in [-0.3, -0.25) is 24.2 Å². The van der Waals surface area contributed by atoms with Crippen molar-refractivity contribution >= 4 is 29.5 Å². The van der Waals surface area contributed by atoms with Crippen molar-refractivity contribution in [3.05, 3.63) is 35.6 Å². The molecule has 1 aromatic rings. The van der Waals surface area contributed by atoms with E-state index >= 15 is 0 Å². The lowest BCUT2D eigenvalue weighted by Crippen LogP contribution is -2.57. The van der Waals surface area contributed by atoms with Crippen LogP contribution in [0.3, 0.4) is 0 Å². The Morgan fingerprint density at radius 3 is 2.46 bits per heavy atom. The standard InChI is InChI=1S/C25H34F2N6O4/c1-14(2)20(31-21(35)15-5-7-17(27)8-6-15)23(37)33-11-3-4-18(33)22(36)32-25(19(34)13-26)12-16(25)9-10-30-24(28)29/h5-8,14,16,18,20H,3-4,9-13H2,1-2H3,(H,31,35)(H,32,36)(H4,28,29,30)/t16?,18-,20-,25?/m0/s1. The summed E-state index contributed by atoms with van der Waals surface area (Å²) >= 11 is 0. The van der Waals surface area contributed by atoms with Crippen molar-refractivity contribution in [1.29, 1.82) is 0 Å².